The number of aliphatic hydroxyl groups is 1. The molecule has 0 radical (unpaired) electrons. The molecule has 6 heteroatoms. The number of hydrogen-bond acceptors (Lipinski definition) is 4. The number of aliphatic hydroxyl groups excluding tert-OH is 1. The Labute approximate surface area is 146 Å². The van der Waals surface area contributed by atoms with E-state index in [2.05, 4.69) is 15.0 Å². The van der Waals surface area contributed by atoms with Crippen LogP contribution in [0.3, 0.4) is 0 Å². The maximum absolute atomic E-state index is 9.41. The van der Waals surface area contributed by atoms with Crippen LogP contribution < -0.4 is 5.32 Å². The molecule has 4 rings (SSSR count). The topological polar surface area (TPSA) is 63.0 Å². The lowest BCUT2D eigenvalue weighted by atomic mass is 9.98. The van der Waals surface area contributed by atoms with E-state index in [-0.39, 0.29) is 19.0 Å². The van der Waals surface area contributed by atoms with Gasteiger partial charge in [-0.15, -0.1) is 12.4 Å². The van der Waals surface area contributed by atoms with Crippen LogP contribution in [0.2, 0.25) is 0 Å². The summed E-state index contributed by atoms with van der Waals surface area (Å²) in [6, 6.07) is 12.0. The number of hydrogen-bond donors (Lipinski definition) is 2. The number of nitrogens with zero attached hydrogens (tertiary/aromatic N) is 3. The molecule has 1 aliphatic rings. The van der Waals surface area contributed by atoms with E-state index in [0.717, 1.165) is 47.6 Å². The third-order valence-corrected chi connectivity index (χ3v) is 4.20. The third kappa shape index (κ3) is 2.94. The van der Waals surface area contributed by atoms with Crippen molar-refractivity contribution < 1.29 is 5.11 Å². The fourth-order valence-corrected chi connectivity index (χ4v) is 3.09. The molecule has 0 saturated carbocycles. The Bertz CT molecular complexity index is 832. The zero-order valence-corrected chi connectivity index (χ0v) is 14.0. The van der Waals surface area contributed by atoms with Gasteiger partial charge in [0.1, 0.15) is 5.69 Å². The molecule has 124 valence electrons. The van der Waals surface area contributed by atoms with Crippen LogP contribution in [0.1, 0.15) is 11.3 Å². The molecule has 0 bridgehead atoms. The number of pyridine rings is 1. The van der Waals surface area contributed by atoms with Crippen molar-refractivity contribution in [3.8, 4) is 22.4 Å². The van der Waals surface area contributed by atoms with Gasteiger partial charge in [0.2, 0.25) is 0 Å². The van der Waals surface area contributed by atoms with Gasteiger partial charge in [-0.2, -0.15) is 5.10 Å². The first-order valence-corrected chi connectivity index (χ1v) is 7.78. The van der Waals surface area contributed by atoms with Crippen LogP contribution >= 0.6 is 12.4 Å². The summed E-state index contributed by atoms with van der Waals surface area (Å²) in [4.78, 5) is 4.12. The lowest BCUT2D eigenvalue weighted by molar-refractivity contribution is 0.282. The monoisotopic (exact) mass is 342 g/mol. The van der Waals surface area contributed by atoms with Crippen molar-refractivity contribution in [2.24, 2.45) is 0 Å². The fraction of sp³-hybridized carbons (Fsp3) is 0.222. The second-order valence-electron chi connectivity index (χ2n) is 5.66. The minimum atomic E-state index is 0. The van der Waals surface area contributed by atoms with Crippen LogP contribution in [0.15, 0.2) is 48.8 Å². The Morgan fingerprint density at radius 2 is 1.96 bits per heavy atom. The van der Waals surface area contributed by atoms with E-state index in [4.69, 9.17) is 5.10 Å². The predicted octanol–water partition coefficient (Wildman–Crippen LogP) is 2.63. The van der Waals surface area contributed by atoms with E-state index in [9.17, 15) is 5.11 Å². The molecule has 0 unspecified atom stereocenters. The fourth-order valence-electron chi connectivity index (χ4n) is 3.09. The molecule has 0 fully saturated rings. The van der Waals surface area contributed by atoms with Gasteiger partial charge in [-0.3, -0.25) is 9.67 Å². The number of rotatable bonds is 3. The number of benzene rings is 1. The maximum Gasteiger partial charge on any atom is 0.100 e. The number of nitrogens with one attached hydrogen (secondary N) is 1. The highest BCUT2D eigenvalue weighted by molar-refractivity contribution is 5.85. The Morgan fingerprint density at radius 1 is 1.12 bits per heavy atom. The minimum absolute atomic E-state index is 0. The van der Waals surface area contributed by atoms with Gasteiger partial charge in [0.15, 0.2) is 0 Å². The lowest BCUT2D eigenvalue weighted by Gasteiger charge is -2.16. The van der Waals surface area contributed by atoms with Crippen molar-refractivity contribution in [2.75, 3.05) is 6.54 Å². The quantitative estimate of drug-likeness (QED) is 0.768. The summed E-state index contributed by atoms with van der Waals surface area (Å²) in [6.45, 7) is 2.64. The Balaban J connectivity index is 0.00000169. The van der Waals surface area contributed by atoms with Crippen molar-refractivity contribution in [1.82, 2.24) is 20.1 Å². The average Bonchev–Trinajstić information content (AvgIpc) is 3.02. The summed E-state index contributed by atoms with van der Waals surface area (Å²) in [5, 5.41) is 17.7. The number of aromatic nitrogens is 3. The molecule has 2 N–H and O–H groups in total. The molecule has 0 aliphatic carbocycles. The van der Waals surface area contributed by atoms with Crippen LogP contribution in [0.25, 0.3) is 22.4 Å². The van der Waals surface area contributed by atoms with Crippen molar-refractivity contribution in [1.29, 1.82) is 0 Å². The molecule has 0 amide bonds. The molecular formula is C18H19ClN4O. The van der Waals surface area contributed by atoms with Crippen molar-refractivity contribution in [2.45, 2.75) is 19.7 Å². The summed E-state index contributed by atoms with van der Waals surface area (Å²) < 4.78 is 2.09. The van der Waals surface area contributed by atoms with E-state index in [0.29, 0.717) is 0 Å². The summed E-state index contributed by atoms with van der Waals surface area (Å²) in [7, 11) is 0. The molecule has 5 nitrogen and oxygen atoms in total. The van der Waals surface area contributed by atoms with E-state index < -0.39 is 0 Å². The van der Waals surface area contributed by atoms with Crippen molar-refractivity contribution in [3.63, 3.8) is 0 Å². The van der Waals surface area contributed by atoms with E-state index in [1.807, 2.05) is 48.8 Å². The molecule has 1 aromatic carbocycles. The van der Waals surface area contributed by atoms with Crippen LogP contribution in [0, 0.1) is 0 Å². The summed E-state index contributed by atoms with van der Waals surface area (Å²) in [5.41, 5.74) is 6.36. The molecule has 3 aromatic rings. The summed E-state index contributed by atoms with van der Waals surface area (Å²) >= 11 is 0. The molecule has 1 aliphatic heterocycles. The zero-order chi connectivity index (χ0) is 15.6. The van der Waals surface area contributed by atoms with Gasteiger partial charge in [0.25, 0.3) is 0 Å². The van der Waals surface area contributed by atoms with Crippen LogP contribution in [0.4, 0.5) is 0 Å². The molecular weight excluding hydrogens is 324 g/mol. The van der Waals surface area contributed by atoms with Gasteiger partial charge in [-0.05, 0) is 29.3 Å². The number of halogens is 1. The second kappa shape index (κ2) is 7.13. The zero-order valence-electron chi connectivity index (χ0n) is 13.1. The van der Waals surface area contributed by atoms with Crippen LogP contribution in [-0.4, -0.2) is 26.4 Å². The van der Waals surface area contributed by atoms with Crippen molar-refractivity contribution >= 4 is 12.4 Å². The smallest absolute Gasteiger partial charge is 0.100 e. The maximum atomic E-state index is 9.41. The van der Waals surface area contributed by atoms with Gasteiger partial charge < -0.3 is 10.4 Å². The highest BCUT2D eigenvalue weighted by Gasteiger charge is 2.22. The third-order valence-electron chi connectivity index (χ3n) is 4.20. The van der Waals surface area contributed by atoms with Crippen molar-refractivity contribution in [3.05, 3.63) is 60.0 Å². The van der Waals surface area contributed by atoms with E-state index >= 15 is 0 Å². The van der Waals surface area contributed by atoms with E-state index in [1.165, 1.54) is 5.69 Å². The highest BCUT2D eigenvalue weighted by atomic mass is 35.5. The molecule has 2 aromatic heterocycles. The predicted molar refractivity (Wildman–Crippen MR) is 95.8 cm³/mol. The second-order valence-corrected chi connectivity index (χ2v) is 5.66. The van der Waals surface area contributed by atoms with Crippen LogP contribution in [0.5, 0.6) is 0 Å². The van der Waals surface area contributed by atoms with Gasteiger partial charge in [-0.25, -0.2) is 0 Å². The summed E-state index contributed by atoms with van der Waals surface area (Å²) in [6.07, 6.45) is 3.62. The van der Waals surface area contributed by atoms with Gasteiger partial charge in [0, 0.05) is 36.6 Å². The Kier molecular flexibility index (Phi) is 4.94. The van der Waals surface area contributed by atoms with Gasteiger partial charge >= 0.3 is 0 Å². The molecule has 0 spiro atoms. The standard InChI is InChI=1S/C18H18N4O.ClH/c23-12-13-2-1-3-15(10-13)18-17(14-4-6-19-7-5-14)16-11-20-8-9-22(16)21-18;/h1-7,10,20,23H,8-9,11-12H2;1H. The average molecular weight is 343 g/mol. The normalized spacial score (nSPS) is 13.2. The largest absolute Gasteiger partial charge is 0.392 e. The molecule has 0 atom stereocenters. The first-order valence-electron chi connectivity index (χ1n) is 7.78. The van der Waals surface area contributed by atoms with Gasteiger partial charge in [0.05, 0.1) is 18.8 Å². The molecule has 0 saturated heterocycles. The minimum Gasteiger partial charge on any atom is -0.392 e. The first kappa shape index (κ1) is 16.6. The summed E-state index contributed by atoms with van der Waals surface area (Å²) in [5.74, 6) is 0. The Hall–Kier alpha value is -2.21. The Morgan fingerprint density at radius 3 is 2.75 bits per heavy atom. The van der Waals surface area contributed by atoms with E-state index in [1.54, 1.807) is 0 Å². The molecule has 3 heterocycles. The number of fused-ring (bicyclic) bond motifs is 1. The molecule has 24 heavy (non-hydrogen) atoms. The first-order chi connectivity index (χ1) is 11.4. The SMILES string of the molecule is Cl.OCc1cccc(-c2nn3c(c2-c2ccncc2)CNCC3)c1. The van der Waals surface area contributed by atoms with Crippen LogP contribution in [-0.2, 0) is 19.7 Å². The van der Waals surface area contributed by atoms with Gasteiger partial charge in [-0.1, -0.05) is 18.2 Å². The lowest BCUT2D eigenvalue weighted by Crippen LogP contribution is -2.28. The highest BCUT2D eigenvalue weighted by Crippen LogP contribution is 2.35.